The van der Waals surface area contributed by atoms with Gasteiger partial charge in [0.15, 0.2) is 11.4 Å². The van der Waals surface area contributed by atoms with E-state index in [1.165, 1.54) is 6.20 Å². The molecule has 3 aromatic heterocycles. The lowest BCUT2D eigenvalue weighted by molar-refractivity contribution is 0.102. The molecule has 2 fully saturated rings. The average Bonchev–Trinajstić information content (AvgIpc) is 3.08. The van der Waals surface area contributed by atoms with Gasteiger partial charge in [0, 0.05) is 37.6 Å². The van der Waals surface area contributed by atoms with Crippen LogP contribution < -0.4 is 20.3 Å². The molecule has 0 bridgehead atoms. The number of aromatic nitrogens is 4. The van der Waals surface area contributed by atoms with Crippen LogP contribution in [-0.2, 0) is 0 Å². The van der Waals surface area contributed by atoms with Crippen molar-refractivity contribution in [3.63, 3.8) is 0 Å². The third-order valence-electron chi connectivity index (χ3n) is 5.94. The van der Waals surface area contributed by atoms with Crippen LogP contribution in [0.4, 0.5) is 11.5 Å². The van der Waals surface area contributed by atoms with Gasteiger partial charge in [-0.1, -0.05) is 6.92 Å². The number of carbonyl (C=O) groups excluding carboxylic acids is 1. The Morgan fingerprint density at radius 3 is 2.70 bits per heavy atom. The van der Waals surface area contributed by atoms with Gasteiger partial charge < -0.3 is 24.7 Å². The number of methoxy groups -OCH3 is 1. The van der Waals surface area contributed by atoms with Gasteiger partial charge in [-0.05, 0) is 25.3 Å². The van der Waals surface area contributed by atoms with E-state index in [9.17, 15) is 4.79 Å². The van der Waals surface area contributed by atoms with Crippen molar-refractivity contribution in [1.82, 2.24) is 24.7 Å². The third kappa shape index (κ3) is 3.24. The van der Waals surface area contributed by atoms with Crippen LogP contribution in [0.1, 0.15) is 23.1 Å². The Hall–Kier alpha value is -3.20. The molecule has 2 unspecified atom stereocenters. The highest BCUT2D eigenvalue weighted by molar-refractivity contribution is 6.02. The molecule has 2 atom stereocenters. The number of aryl methyl sites for hydroxylation is 1. The number of nitrogens with one attached hydrogen (secondary N) is 2. The van der Waals surface area contributed by atoms with E-state index in [1.807, 2.05) is 17.5 Å². The molecule has 4 heterocycles. The quantitative estimate of drug-likeness (QED) is 0.642. The molecule has 1 saturated carbocycles. The van der Waals surface area contributed by atoms with Gasteiger partial charge in [-0.2, -0.15) is 0 Å². The van der Waals surface area contributed by atoms with Crippen molar-refractivity contribution in [3.8, 4) is 5.75 Å². The van der Waals surface area contributed by atoms with Crippen molar-refractivity contribution in [2.24, 2.45) is 11.8 Å². The molecule has 2 aliphatic rings. The van der Waals surface area contributed by atoms with Gasteiger partial charge >= 0.3 is 0 Å². The molecule has 1 aliphatic carbocycles. The molecule has 9 heteroatoms. The van der Waals surface area contributed by atoms with E-state index in [-0.39, 0.29) is 11.6 Å². The van der Waals surface area contributed by atoms with Crippen LogP contribution in [0.15, 0.2) is 30.9 Å². The summed E-state index contributed by atoms with van der Waals surface area (Å²) in [7, 11) is 1.58. The minimum atomic E-state index is -0.316. The van der Waals surface area contributed by atoms with E-state index in [4.69, 9.17) is 4.74 Å². The number of amides is 1. The first-order valence-electron chi connectivity index (χ1n) is 10.2. The largest absolute Gasteiger partial charge is 0.493 e. The van der Waals surface area contributed by atoms with E-state index >= 15 is 0 Å². The number of ether oxygens (including phenoxy) is 1. The average molecular weight is 407 g/mol. The van der Waals surface area contributed by atoms with Gasteiger partial charge in [-0.25, -0.2) is 15.0 Å². The predicted octanol–water partition coefficient (Wildman–Crippen LogP) is 1.74. The lowest BCUT2D eigenvalue weighted by atomic mass is 10.3. The summed E-state index contributed by atoms with van der Waals surface area (Å²) in [5.41, 5.74) is 2.45. The predicted molar refractivity (Wildman–Crippen MR) is 113 cm³/mol. The Morgan fingerprint density at radius 1 is 1.23 bits per heavy atom. The molecular weight excluding hydrogens is 382 g/mol. The van der Waals surface area contributed by atoms with Crippen molar-refractivity contribution in [2.45, 2.75) is 19.9 Å². The minimum absolute atomic E-state index is 0.273. The number of piperidine rings is 1. The van der Waals surface area contributed by atoms with Gasteiger partial charge in [0.25, 0.3) is 5.91 Å². The molecule has 9 nitrogen and oxygen atoms in total. The number of nitrogens with zero attached hydrogens (tertiary/aromatic N) is 5. The fourth-order valence-corrected chi connectivity index (χ4v) is 4.46. The van der Waals surface area contributed by atoms with Crippen LogP contribution in [0.2, 0.25) is 0 Å². The van der Waals surface area contributed by atoms with Gasteiger partial charge in [-0.15, -0.1) is 0 Å². The highest BCUT2D eigenvalue weighted by Crippen LogP contribution is 2.46. The molecule has 1 aliphatic heterocycles. The van der Waals surface area contributed by atoms with Crippen LogP contribution in [0.5, 0.6) is 5.75 Å². The Morgan fingerprint density at radius 2 is 2.03 bits per heavy atom. The van der Waals surface area contributed by atoms with Gasteiger partial charge in [-0.3, -0.25) is 4.79 Å². The summed E-state index contributed by atoms with van der Waals surface area (Å²) >= 11 is 0. The Bertz CT molecular complexity index is 1080. The Kier molecular flexibility index (Phi) is 4.54. The second kappa shape index (κ2) is 7.24. The molecule has 30 heavy (non-hydrogen) atoms. The van der Waals surface area contributed by atoms with Crippen LogP contribution >= 0.6 is 0 Å². The smallest absolute Gasteiger partial charge is 0.275 e. The summed E-state index contributed by atoms with van der Waals surface area (Å²) in [6.07, 6.45) is 6.90. The van der Waals surface area contributed by atoms with Gasteiger partial charge in [0.05, 0.1) is 30.9 Å². The fourth-order valence-electron chi connectivity index (χ4n) is 4.46. The molecule has 156 valence electrons. The summed E-state index contributed by atoms with van der Waals surface area (Å²) in [6, 6.07) is 2.40. The Balaban J connectivity index is 1.27. The number of rotatable bonds is 6. The molecule has 1 saturated heterocycles. The van der Waals surface area contributed by atoms with Gasteiger partial charge in [0.1, 0.15) is 11.5 Å². The molecule has 0 spiro atoms. The van der Waals surface area contributed by atoms with Crippen LogP contribution in [0.3, 0.4) is 0 Å². The summed E-state index contributed by atoms with van der Waals surface area (Å²) in [6.45, 7) is 7.05. The Labute approximate surface area is 174 Å². The van der Waals surface area contributed by atoms with Crippen molar-refractivity contribution in [2.75, 3.05) is 37.0 Å². The molecule has 0 aromatic carbocycles. The number of hydrogen-bond acceptors (Lipinski definition) is 7. The molecular formula is C21H25N7O2. The second-order valence-electron chi connectivity index (χ2n) is 7.94. The maximum atomic E-state index is 12.7. The fraction of sp³-hybridized carbons (Fsp3) is 0.429. The first-order chi connectivity index (χ1) is 14.6. The number of anilines is 2. The normalized spacial score (nSPS) is 22.2. The SMILES string of the molecule is CCNC1C2CN(c3cnc(C(=O)Nc4cc(OC)c5nc(C)cn5c4)cn3)CC21. The van der Waals surface area contributed by atoms with Gasteiger partial charge in [0.2, 0.25) is 0 Å². The van der Waals surface area contributed by atoms with Crippen LogP contribution in [0.25, 0.3) is 5.65 Å². The number of imidazole rings is 1. The van der Waals surface area contributed by atoms with E-state index in [2.05, 4.69) is 37.4 Å². The lowest BCUT2D eigenvalue weighted by Gasteiger charge is -2.20. The summed E-state index contributed by atoms with van der Waals surface area (Å²) < 4.78 is 7.24. The number of carbonyl (C=O) groups is 1. The van der Waals surface area contributed by atoms with Crippen LogP contribution in [0, 0.1) is 18.8 Å². The minimum Gasteiger partial charge on any atom is -0.493 e. The highest BCUT2D eigenvalue weighted by atomic mass is 16.5. The summed E-state index contributed by atoms with van der Waals surface area (Å²) in [5, 5.41) is 6.40. The lowest BCUT2D eigenvalue weighted by Crippen LogP contribution is -2.31. The number of fused-ring (bicyclic) bond motifs is 2. The first-order valence-corrected chi connectivity index (χ1v) is 10.2. The maximum absolute atomic E-state index is 12.7. The van der Waals surface area contributed by atoms with Crippen molar-refractivity contribution < 1.29 is 9.53 Å². The van der Waals surface area contributed by atoms with Crippen molar-refractivity contribution in [1.29, 1.82) is 0 Å². The highest BCUT2D eigenvalue weighted by Gasteiger charge is 2.55. The van der Waals surface area contributed by atoms with E-state index < -0.39 is 0 Å². The van der Waals surface area contributed by atoms with Crippen LogP contribution in [-0.4, -0.2) is 58.0 Å². The standard InChI is InChI=1S/C21H25N7O2/c1-4-22-19-14-10-27(11-15(14)19)18-7-23-16(6-24-18)21(29)26-13-5-17(30-3)20-25-12(2)8-28(20)9-13/h5-9,14-15,19,22H,4,10-11H2,1-3H3,(H,26,29). The molecule has 5 rings (SSSR count). The van der Waals surface area contributed by atoms with Crippen molar-refractivity contribution >= 4 is 23.1 Å². The molecule has 0 radical (unpaired) electrons. The van der Waals surface area contributed by atoms with E-state index in [0.29, 0.717) is 35.0 Å². The topological polar surface area (TPSA) is 96.7 Å². The maximum Gasteiger partial charge on any atom is 0.275 e. The second-order valence-corrected chi connectivity index (χ2v) is 7.94. The zero-order valence-corrected chi connectivity index (χ0v) is 17.3. The van der Waals surface area contributed by atoms with E-state index in [1.54, 1.807) is 25.6 Å². The summed E-state index contributed by atoms with van der Waals surface area (Å²) in [5.74, 6) is 2.50. The number of pyridine rings is 1. The zero-order chi connectivity index (χ0) is 20.8. The molecule has 3 aromatic rings. The zero-order valence-electron chi connectivity index (χ0n) is 17.3. The summed E-state index contributed by atoms with van der Waals surface area (Å²) in [4.78, 5) is 28.2. The molecule has 1 amide bonds. The number of hydrogen-bond donors (Lipinski definition) is 2. The monoisotopic (exact) mass is 407 g/mol. The first kappa shape index (κ1) is 18.8. The third-order valence-corrected chi connectivity index (χ3v) is 5.94. The van der Waals surface area contributed by atoms with Crippen molar-refractivity contribution in [3.05, 3.63) is 42.2 Å². The molecule has 2 N–H and O–H groups in total. The van der Waals surface area contributed by atoms with E-state index in [0.717, 1.165) is 31.1 Å².